The summed E-state index contributed by atoms with van der Waals surface area (Å²) in [6.45, 7) is 12.4. The highest BCUT2D eigenvalue weighted by Gasteiger charge is 2.41. The van der Waals surface area contributed by atoms with Gasteiger partial charge in [0, 0.05) is 25.7 Å². The lowest BCUT2D eigenvalue weighted by Gasteiger charge is -2.45. The fourth-order valence-corrected chi connectivity index (χ4v) is 3.83. The van der Waals surface area contributed by atoms with Crippen molar-refractivity contribution in [3.63, 3.8) is 0 Å². The Hall–Kier alpha value is -0.0300. The predicted octanol–water partition coefficient (Wildman–Crippen LogP) is 2.55. The highest BCUT2D eigenvalue weighted by Crippen LogP contribution is 2.33. The molecule has 2 heterocycles. The van der Waals surface area contributed by atoms with Crippen LogP contribution in [0.5, 0.6) is 0 Å². The minimum atomic E-state index is -0.171. The number of hydrogen-bond donors (Lipinski definition) is 1. The molecule has 0 radical (unpaired) electrons. The Morgan fingerprint density at radius 3 is 2.36 bits per heavy atom. The van der Waals surface area contributed by atoms with Gasteiger partial charge in [-0.05, 0) is 66.1 Å². The van der Waals surface area contributed by atoms with Crippen molar-refractivity contribution in [2.24, 2.45) is 5.41 Å². The van der Waals surface area contributed by atoms with E-state index in [-0.39, 0.29) is 30.2 Å². The molecule has 0 bridgehead atoms. The number of piperidine rings is 2. The van der Waals surface area contributed by atoms with Crippen LogP contribution in [0, 0.1) is 5.41 Å². The van der Waals surface area contributed by atoms with Gasteiger partial charge in [-0.25, -0.2) is 0 Å². The molecule has 0 aromatic carbocycles. The summed E-state index contributed by atoms with van der Waals surface area (Å²) >= 11 is 0. The lowest BCUT2D eigenvalue weighted by atomic mass is 9.79. The van der Waals surface area contributed by atoms with Crippen LogP contribution in [0.4, 0.5) is 0 Å². The summed E-state index contributed by atoms with van der Waals surface area (Å²) in [5.41, 5.74) is -0.171. The molecule has 0 aromatic rings. The third-order valence-corrected chi connectivity index (χ3v) is 5.12. The molecule has 0 aliphatic carbocycles. The number of amides is 1. The van der Waals surface area contributed by atoms with E-state index >= 15 is 0 Å². The fourth-order valence-electron chi connectivity index (χ4n) is 3.83. The molecule has 1 amide bonds. The van der Waals surface area contributed by atoms with Crippen LogP contribution < -0.4 is 5.32 Å². The molecule has 4 nitrogen and oxygen atoms in total. The molecule has 0 spiro atoms. The van der Waals surface area contributed by atoms with E-state index in [0.29, 0.717) is 11.9 Å². The Labute approximate surface area is 148 Å². The summed E-state index contributed by atoms with van der Waals surface area (Å²) in [4.78, 5) is 17.4. The van der Waals surface area contributed by atoms with E-state index in [9.17, 15) is 4.79 Å². The van der Waals surface area contributed by atoms with Gasteiger partial charge < -0.3 is 10.2 Å². The number of likely N-dealkylation sites (tertiary alicyclic amines) is 1. The van der Waals surface area contributed by atoms with Crippen LogP contribution in [0.15, 0.2) is 0 Å². The first-order valence-electron chi connectivity index (χ1n) is 8.35. The van der Waals surface area contributed by atoms with E-state index in [0.717, 1.165) is 45.6 Å². The molecule has 6 heteroatoms. The van der Waals surface area contributed by atoms with Crippen molar-refractivity contribution < 1.29 is 4.79 Å². The third kappa shape index (κ3) is 4.98. The molecule has 0 aromatic heterocycles. The summed E-state index contributed by atoms with van der Waals surface area (Å²) in [6, 6.07) is 0.681. The van der Waals surface area contributed by atoms with Crippen LogP contribution in [0.25, 0.3) is 0 Å². The SMILES string of the molecule is CCN(CC)C(=O)C1(C)CCCN(C2CCNCC2)C1.Cl.Cl. The van der Waals surface area contributed by atoms with Crippen LogP contribution in [-0.4, -0.2) is 61.0 Å². The van der Waals surface area contributed by atoms with Gasteiger partial charge >= 0.3 is 0 Å². The Morgan fingerprint density at radius 1 is 1.23 bits per heavy atom. The summed E-state index contributed by atoms with van der Waals surface area (Å²) in [5.74, 6) is 0.362. The molecule has 1 unspecified atom stereocenters. The number of nitrogens with one attached hydrogen (secondary N) is 1. The first-order valence-corrected chi connectivity index (χ1v) is 8.35. The van der Waals surface area contributed by atoms with Crippen LogP contribution in [0.3, 0.4) is 0 Å². The van der Waals surface area contributed by atoms with Crippen molar-refractivity contribution in [3.05, 3.63) is 0 Å². The second-order valence-electron chi connectivity index (χ2n) is 6.59. The zero-order valence-corrected chi connectivity index (χ0v) is 15.9. The minimum Gasteiger partial charge on any atom is -0.343 e. The fraction of sp³-hybridized carbons (Fsp3) is 0.938. The van der Waals surface area contributed by atoms with E-state index < -0.39 is 0 Å². The predicted molar refractivity (Wildman–Crippen MR) is 97.2 cm³/mol. The van der Waals surface area contributed by atoms with E-state index in [1.807, 2.05) is 4.90 Å². The highest BCUT2D eigenvalue weighted by molar-refractivity contribution is 5.85. The largest absolute Gasteiger partial charge is 0.343 e. The van der Waals surface area contributed by atoms with Crippen molar-refractivity contribution >= 4 is 30.7 Å². The van der Waals surface area contributed by atoms with Crippen molar-refractivity contribution in [2.45, 2.75) is 52.5 Å². The molecule has 2 fully saturated rings. The summed E-state index contributed by atoms with van der Waals surface area (Å²) in [6.07, 6.45) is 4.67. The normalized spacial score (nSPS) is 26.7. The van der Waals surface area contributed by atoms with Gasteiger partial charge in [0.15, 0.2) is 0 Å². The van der Waals surface area contributed by atoms with Crippen molar-refractivity contribution in [2.75, 3.05) is 39.3 Å². The molecule has 1 N–H and O–H groups in total. The number of carbonyl (C=O) groups is 1. The Morgan fingerprint density at radius 2 is 1.82 bits per heavy atom. The van der Waals surface area contributed by atoms with Crippen molar-refractivity contribution in [1.82, 2.24) is 15.1 Å². The van der Waals surface area contributed by atoms with Gasteiger partial charge in [-0.15, -0.1) is 24.8 Å². The first-order chi connectivity index (χ1) is 9.60. The zero-order valence-electron chi connectivity index (χ0n) is 14.3. The molecule has 2 rings (SSSR count). The molecule has 22 heavy (non-hydrogen) atoms. The molecule has 2 aliphatic heterocycles. The Bertz CT molecular complexity index is 333. The third-order valence-electron chi connectivity index (χ3n) is 5.12. The number of halogens is 2. The average molecular weight is 354 g/mol. The van der Waals surface area contributed by atoms with Crippen LogP contribution in [0.1, 0.15) is 46.5 Å². The molecule has 1 atom stereocenters. The summed E-state index contributed by atoms with van der Waals surface area (Å²) < 4.78 is 0. The van der Waals surface area contributed by atoms with Crippen LogP contribution in [-0.2, 0) is 4.79 Å². The standard InChI is InChI=1S/C16H31N3O.2ClH/c1-4-18(5-2)15(20)16(3)9-6-12-19(13-16)14-7-10-17-11-8-14;;/h14,17H,4-13H2,1-3H3;2*1H. The number of hydrogen-bond acceptors (Lipinski definition) is 3. The van der Waals surface area contributed by atoms with E-state index in [1.54, 1.807) is 0 Å². The van der Waals surface area contributed by atoms with Crippen molar-refractivity contribution in [3.8, 4) is 0 Å². The maximum atomic E-state index is 12.8. The lowest BCUT2D eigenvalue weighted by molar-refractivity contribution is -0.144. The van der Waals surface area contributed by atoms with E-state index in [2.05, 4.69) is 31.0 Å². The number of rotatable bonds is 4. The summed E-state index contributed by atoms with van der Waals surface area (Å²) in [7, 11) is 0. The molecular formula is C16H33Cl2N3O. The maximum Gasteiger partial charge on any atom is 0.229 e. The van der Waals surface area contributed by atoms with Gasteiger partial charge in [-0.3, -0.25) is 9.69 Å². The minimum absolute atomic E-state index is 0. The maximum absolute atomic E-state index is 12.8. The van der Waals surface area contributed by atoms with Crippen LogP contribution in [0.2, 0.25) is 0 Å². The zero-order chi connectivity index (χ0) is 14.6. The Balaban J connectivity index is 0.00000220. The van der Waals surface area contributed by atoms with Gasteiger partial charge in [0.2, 0.25) is 5.91 Å². The van der Waals surface area contributed by atoms with Gasteiger partial charge in [0.05, 0.1) is 5.41 Å². The van der Waals surface area contributed by atoms with E-state index in [4.69, 9.17) is 0 Å². The molecule has 2 saturated heterocycles. The molecule has 132 valence electrons. The Kier molecular flexibility index (Phi) is 9.95. The van der Waals surface area contributed by atoms with Gasteiger partial charge in [0.1, 0.15) is 0 Å². The molecular weight excluding hydrogens is 321 g/mol. The lowest BCUT2D eigenvalue weighted by Crippen LogP contribution is -2.55. The second kappa shape index (κ2) is 9.96. The van der Waals surface area contributed by atoms with Gasteiger partial charge in [-0.2, -0.15) is 0 Å². The summed E-state index contributed by atoms with van der Waals surface area (Å²) in [5, 5.41) is 3.43. The topological polar surface area (TPSA) is 35.6 Å². The molecule has 2 aliphatic rings. The van der Waals surface area contributed by atoms with Crippen LogP contribution >= 0.6 is 24.8 Å². The second-order valence-corrected chi connectivity index (χ2v) is 6.59. The quantitative estimate of drug-likeness (QED) is 0.843. The monoisotopic (exact) mass is 353 g/mol. The number of carbonyl (C=O) groups excluding carboxylic acids is 1. The van der Waals surface area contributed by atoms with Gasteiger partial charge in [0.25, 0.3) is 0 Å². The highest BCUT2D eigenvalue weighted by atomic mass is 35.5. The molecule has 0 saturated carbocycles. The number of nitrogens with zero attached hydrogens (tertiary/aromatic N) is 2. The smallest absolute Gasteiger partial charge is 0.229 e. The van der Waals surface area contributed by atoms with Crippen molar-refractivity contribution in [1.29, 1.82) is 0 Å². The first kappa shape index (κ1) is 22.0. The average Bonchev–Trinajstić information content (AvgIpc) is 2.49. The van der Waals surface area contributed by atoms with E-state index in [1.165, 1.54) is 19.4 Å². The van der Waals surface area contributed by atoms with Gasteiger partial charge in [-0.1, -0.05) is 0 Å².